The van der Waals surface area contributed by atoms with Crippen LogP contribution in [-0.4, -0.2) is 23.1 Å². The van der Waals surface area contributed by atoms with Crippen molar-refractivity contribution in [3.8, 4) is 0 Å². The SMILES string of the molecule is Nc1nc(N2CCCC2)c2oc3ccc(Br)cc3c2n1. The molecule has 3 aromatic rings. The number of nitrogens with zero attached hydrogens (tertiary/aromatic N) is 3. The average Bonchev–Trinajstić information content (AvgIpc) is 3.05. The first kappa shape index (κ1) is 12.0. The fourth-order valence-corrected chi connectivity index (χ4v) is 3.12. The lowest BCUT2D eigenvalue weighted by Gasteiger charge is -2.16. The van der Waals surface area contributed by atoms with Crippen LogP contribution in [0.15, 0.2) is 27.1 Å². The summed E-state index contributed by atoms with van der Waals surface area (Å²) in [6.07, 6.45) is 2.36. The summed E-state index contributed by atoms with van der Waals surface area (Å²) in [4.78, 5) is 11.0. The standard InChI is InChI=1S/C14H13BrN4O/c15-8-3-4-10-9(7-8)11-12(20-10)13(18-14(16)17-11)19-5-1-2-6-19/h3-4,7H,1-2,5-6H2,(H2,16,17,18). The van der Waals surface area contributed by atoms with E-state index in [1.54, 1.807) is 0 Å². The van der Waals surface area contributed by atoms with Gasteiger partial charge in [0.25, 0.3) is 0 Å². The number of nitrogen functional groups attached to an aromatic ring is 1. The second kappa shape index (κ2) is 4.34. The first-order valence-corrected chi connectivity index (χ1v) is 7.42. The van der Waals surface area contributed by atoms with E-state index in [1.807, 2.05) is 18.2 Å². The third kappa shape index (κ3) is 1.75. The zero-order chi connectivity index (χ0) is 13.7. The second-order valence-corrected chi connectivity index (χ2v) is 5.94. The Morgan fingerprint density at radius 2 is 2.00 bits per heavy atom. The van der Waals surface area contributed by atoms with Crippen molar-refractivity contribution in [3.05, 3.63) is 22.7 Å². The van der Waals surface area contributed by atoms with E-state index in [-0.39, 0.29) is 0 Å². The molecule has 0 saturated carbocycles. The van der Waals surface area contributed by atoms with E-state index in [9.17, 15) is 0 Å². The van der Waals surface area contributed by atoms with Crippen LogP contribution < -0.4 is 10.6 Å². The fraction of sp³-hybridized carbons (Fsp3) is 0.286. The van der Waals surface area contributed by atoms with Crippen molar-refractivity contribution in [2.45, 2.75) is 12.8 Å². The van der Waals surface area contributed by atoms with E-state index < -0.39 is 0 Å². The number of nitrogens with two attached hydrogens (primary N) is 1. The van der Waals surface area contributed by atoms with Gasteiger partial charge in [0, 0.05) is 22.9 Å². The monoisotopic (exact) mass is 332 g/mol. The molecule has 20 heavy (non-hydrogen) atoms. The summed E-state index contributed by atoms with van der Waals surface area (Å²) in [5.74, 6) is 1.11. The zero-order valence-corrected chi connectivity index (χ0v) is 12.4. The molecule has 0 amide bonds. The summed E-state index contributed by atoms with van der Waals surface area (Å²) in [7, 11) is 0. The van der Waals surface area contributed by atoms with Crippen LogP contribution in [0.4, 0.5) is 11.8 Å². The Morgan fingerprint density at radius 3 is 2.80 bits per heavy atom. The second-order valence-electron chi connectivity index (χ2n) is 5.02. The predicted octanol–water partition coefficient (Wildman–Crippen LogP) is 3.32. The maximum atomic E-state index is 5.96. The largest absolute Gasteiger partial charge is 0.450 e. The molecule has 0 atom stereocenters. The number of benzene rings is 1. The van der Waals surface area contributed by atoms with Crippen LogP contribution in [0.2, 0.25) is 0 Å². The first-order valence-electron chi connectivity index (χ1n) is 6.62. The third-order valence-corrected chi connectivity index (χ3v) is 4.17. The number of halogens is 1. The topological polar surface area (TPSA) is 68.2 Å². The molecule has 0 radical (unpaired) electrons. The van der Waals surface area contributed by atoms with Crippen LogP contribution in [0, 0.1) is 0 Å². The highest BCUT2D eigenvalue weighted by Crippen LogP contribution is 2.35. The molecule has 2 aromatic heterocycles. The zero-order valence-electron chi connectivity index (χ0n) is 10.8. The summed E-state index contributed by atoms with van der Waals surface area (Å²) in [5.41, 5.74) is 8.21. The molecule has 1 fully saturated rings. The molecule has 0 unspecified atom stereocenters. The van der Waals surface area contributed by atoms with E-state index in [0.29, 0.717) is 5.95 Å². The van der Waals surface area contributed by atoms with Gasteiger partial charge < -0.3 is 15.1 Å². The number of furan rings is 1. The van der Waals surface area contributed by atoms with Crippen molar-refractivity contribution in [1.82, 2.24) is 9.97 Å². The van der Waals surface area contributed by atoms with E-state index in [4.69, 9.17) is 10.2 Å². The molecular formula is C14H13BrN4O. The minimum atomic E-state index is 0.294. The minimum absolute atomic E-state index is 0.294. The number of hydrogen-bond acceptors (Lipinski definition) is 5. The van der Waals surface area contributed by atoms with Crippen molar-refractivity contribution in [3.63, 3.8) is 0 Å². The number of fused-ring (bicyclic) bond motifs is 3. The summed E-state index contributed by atoms with van der Waals surface area (Å²) in [6.45, 7) is 1.98. The highest BCUT2D eigenvalue weighted by Gasteiger charge is 2.21. The van der Waals surface area contributed by atoms with Gasteiger partial charge in [-0.05, 0) is 31.0 Å². The number of aromatic nitrogens is 2. The molecule has 4 rings (SSSR count). The maximum Gasteiger partial charge on any atom is 0.222 e. The molecule has 0 bridgehead atoms. The van der Waals surface area contributed by atoms with Gasteiger partial charge in [-0.25, -0.2) is 4.98 Å². The Bertz CT molecular complexity index is 808. The van der Waals surface area contributed by atoms with Gasteiger partial charge in [-0.3, -0.25) is 0 Å². The Morgan fingerprint density at radius 1 is 1.20 bits per heavy atom. The molecule has 1 aromatic carbocycles. The predicted molar refractivity (Wildman–Crippen MR) is 82.9 cm³/mol. The van der Waals surface area contributed by atoms with Crippen molar-refractivity contribution in [1.29, 1.82) is 0 Å². The number of hydrogen-bond donors (Lipinski definition) is 1. The van der Waals surface area contributed by atoms with Crippen LogP contribution in [0.3, 0.4) is 0 Å². The molecule has 0 spiro atoms. The van der Waals surface area contributed by atoms with Crippen molar-refractivity contribution < 1.29 is 4.42 Å². The Labute approximate surface area is 123 Å². The lowest BCUT2D eigenvalue weighted by molar-refractivity contribution is 0.663. The van der Waals surface area contributed by atoms with Crippen LogP contribution in [0.1, 0.15) is 12.8 Å². The molecule has 0 aliphatic carbocycles. The summed E-state index contributed by atoms with van der Waals surface area (Å²) < 4.78 is 6.96. The van der Waals surface area contributed by atoms with Crippen LogP contribution >= 0.6 is 15.9 Å². The summed E-state index contributed by atoms with van der Waals surface area (Å²) in [5, 5.41) is 0.962. The Balaban J connectivity index is 2.06. The molecule has 1 aliphatic rings. The molecule has 1 aliphatic heterocycles. The van der Waals surface area contributed by atoms with E-state index in [0.717, 1.165) is 45.4 Å². The Hall–Kier alpha value is -1.82. The lowest BCUT2D eigenvalue weighted by atomic mass is 10.2. The quantitative estimate of drug-likeness (QED) is 0.740. The van der Waals surface area contributed by atoms with Crippen LogP contribution in [0.25, 0.3) is 22.1 Å². The van der Waals surface area contributed by atoms with Crippen molar-refractivity contribution in [2.24, 2.45) is 0 Å². The third-order valence-electron chi connectivity index (χ3n) is 3.68. The summed E-state index contributed by atoms with van der Waals surface area (Å²) >= 11 is 3.48. The molecule has 1 saturated heterocycles. The summed E-state index contributed by atoms with van der Waals surface area (Å²) in [6, 6.07) is 5.89. The molecule has 5 nitrogen and oxygen atoms in total. The van der Waals surface area contributed by atoms with Gasteiger partial charge in [0.2, 0.25) is 5.95 Å². The highest BCUT2D eigenvalue weighted by molar-refractivity contribution is 9.10. The van der Waals surface area contributed by atoms with Crippen LogP contribution in [-0.2, 0) is 0 Å². The maximum absolute atomic E-state index is 5.96. The molecular weight excluding hydrogens is 320 g/mol. The van der Waals surface area contributed by atoms with Gasteiger partial charge in [0.1, 0.15) is 11.1 Å². The lowest BCUT2D eigenvalue weighted by Crippen LogP contribution is -2.19. The first-order chi connectivity index (χ1) is 9.72. The smallest absolute Gasteiger partial charge is 0.222 e. The number of rotatable bonds is 1. The molecule has 3 heterocycles. The van der Waals surface area contributed by atoms with E-state index in [1.165, 1.54) is 12.8 Å². The molecule has 2 N–H and O–H groups in total. The highest BCUT2D eigenvalue weighted by atomic mass is 79.9. The van der Waals surface area contributed by atoms with Crippen LogP contribution in [0.5, 0.6) is 0 Å². The number of anilines is 2. The van der Waals surface area contributed by atoms with Gasteiger partial charge in [0.05, 0.1) is 0 Å². The fourth-order valence-electron chi connectivity index (χ4n) is 2.76. The molecule has 102 valence electrons. The van der Waals surface area contributed by atoms with Gasteiger partial charge in [-0.1, -0.05) is 15.9 Å². The van der Waals surface area contributed by atoms with Crippen molar-refractivity contribution in [2.75, 3.05) is 23.7 Å². The van der Waals surface area contributed by atoms with Gasteiger partial charge in [-0.2, -0.15) is 4.98 Å². The van der Waals surface area contributed by atoms with Gasteiger partial charge in [-0.15, -0.1) is 0 Å². The molecule has 6 heteroatoms. The van der Waals surface area contributed by atoms with Gasteiger partial charge >= 0.3 is 0 Å². The van der Waals surface area contributed by atoms with Gasteiger partial charge in [0.15, 0.2) is 11.4 Å². The average molecular weight is 333 g/mol. The van der Waals surface area contributed by atoms with E-state index in [2.05, 4.69) is 30.8 Å². The normalized spacial score (nSPS) is 15.6. The Kier molecular flexibility index (Phi) is 2.60. The minimum Gasteiger partial charge on any atom is -0.450 e. The van der Waals surface area contributed by atoms with E-state index >= 15 is 0 Å². The van der Waals surface area contributed by atoms with Crippen molar-refractivity contribution >= 4 is 49.8 Å².